The first-order valence-electron chi connectivity index (χ1n) is 8.72. The smallest absolute Gasteiger partial charge is 0.469 e. The van der Waals surface area contributed by atoms with E-state index < -0.39 is 22.1 Å². The molecule has 7 nitrogen and oxygen atoms in total. The van der Waals surface area contributed by atoms with Crippen LogP contribution < -0.4 is 14.8 Å². The topological polar surface area (TPSA) is 97.6 Å². The van der Waals surface area contributed by atoms with Crippen molar-refractivity contribution in [2.75, 3.05) is 6.54 Å². The number of halogens is 3. The van der Waals surface area contributed by atoms with E-state index in [0.29, 0.717) is 12.8 Å². The fourth-order valence-electron chi connectivity index (χ4n) is 2.44. The standard InChI is InChI=1S/C18H21F3N2O5S/c1-13(4-5-14-3-2-12-27-14)23-17(24)10-11-22-29(25,26)16-8-6-15(7-9-16)28-18(19,20)21/h2-3,6-9,12-13,22H,4-5,10-11H2,1H3,(H,23,24). The molecule has 160 valence electrons. The zero-order valence-corrected chi connectivity index (χ0v) is 16.3. The van der Waals surface area contributed by atoms with Gasteiger partial charge in [0.15, 0.2) is 0 Å². The number of rotatable bonds is 10. The largest absolute Gasteiger partial charge is 0.573 e. The molecule has 0 saturated carbocycles. The molecule has 2 rings (SSSR count). The number of alkyl halides is 3. The summed E-state index contributed by atoms with van der Waals surface area (Å²) in [5.74, 6) is -0.0431. The van der Waals surface area contributed by atoms with Crippen molar-refractivity contribution in [2.45, 2.75) is 43.5 Å². The van der Waals surface area contributed by atoms with Crippen LogP contribution in [0.5, 0.6) is 5.75 Å². The molecule has 1 amide bonds. The molecule has 0 radical (unpaired) electrons. The Hall–Kier alpha value is -2.53. The molecule has 1 unspecified atom stereocenters. The summed E-state index contributed by atoms with van der Waals surface area (Å²) in [6.45, 7) is 1.68. The summed E-state index contributed by atoms with van der Waals surface area (Å²) in [6.07, 6.45) is -2.05. The van der Waals surface area contributed by atoms with E-state index in [4.69, 9.17) is 4.42 Å². The van der Waals surface area contributed by atoms with E-state index >= 15 is 0 Å². The molecule has 0 saturated heterocycles. The number of hydrogen-bond acceptors (Lipinski definition) is 5. The molecule has 0 fully saturated rings. The van der Waals surface area contributed by atoms with Gasteiger partial charge in [-0.1, -0.05) is 0 Å². The second kappa shape index (κ2) is 9.79. The number of amides is 1. The summed E-state index contributed by atoms with van der Waals surface area (Å²) in [5.41, 5.74) is 0. The quantitative estimate of drug-likeness (QED) is 0.599. The summed E-state index contributed by atoms with van der Waals surface area (Å²) in [4.78, 5) is 11.7. The summed E-state index contributed by atoms with van der Waals surface area (Å²) in [5, 5.41) is 2.76. The molecule has 0 bridgehead atoms. The van der Waals surface area contributed by atoms with Crippen molar-refractivity contribution in [1.82, 2.24) is 10.0 Å². The van der Waals surface area contributed by atoms with Gasteiger partial charge in [0.05, 0.1) is 11.2 Å². The average Bonchev–Trinajstić information content (AvgIpc) is 3.12. The Morgan fingerprint density at radius 2 is 1.90 bits per heavy atom. The molecular formula is C18H21F3N2O5S. The lowest BCUT2D eigenvalue weighted by atomic mass is 10.1. The minimum Gasteiger partial charge on any atom is -0.469 e. The Kier molecular flexibility index (Phi) is 7.68. The number of nitrogens with one attached hydrogen (secondary N) is 2. The van der Waals surface area contributed by atoms with Crippen molar-refractivity contribution in [3.8, 4) is 5.75 Å². The maximum Gasteiger partial charge on any atom is 0.573 e. The lowest BCUT2D eigenvalue weighted by Crippen LogP contribution is -2.35. The highest BCUT2D eigenvalue weighted by Crippen LogP contribution is 2.23. The monoisotopic (exact) mass is 434 g/mol. The molecule has 1 atom stereocenters. The maximum atomic E-state index is 12.1. The van der Waals surface area contributed by atoms with E-state index in [2.05, 4.69) is 14.8 Å². The van der Waals surface area contributed by atoms with Crippen LogP contribution in [0.4, 0.5) is 13.2 Å². The van der Waals surface area contributed by atoms with Crippen LogP contribution in [0.15, 0.2) is 52.0 Å². The highest BCUT2D eigenvalue weighted by atomic mass is 32.2. The number of benzene rings is 1. The third kappa shape index (κ3) is 8.16. The van der Waals surface area contributed by atoms with Crippen molar-refractivity contribution >= 4 is 15.9 Å². The van der Waals surface area contributed by atoms with Gasteiger partial charge in [-0.05, 0) is 49.7 Å². The van der Waals surface area contributed by atoms with Crippen LogP contribution in [-0.2, 0) is 21.2 Å². The number of furan rings is 1. The third-order valence-electron chi connectivity index (χ3n) is 3.82. The van der Waals surface area contributed by atoms with Crippen molar-refractivity contribution < 1.29 is 35.5 Å². The zero-order valence-electron chi connectivity index (χ0n) is 15.5. The molecule has 1 aromatic carbocycles. The van der Waals surface area contributed by atoms with Crippen LogP contribution in [0.2, 0.25) is 0 Å². The van der Waals surface area contributed by atoms with Crippen LogP contribution >= 0.6 is 0 Å². The molecule has 2 N–H and O–H groups in total. The summed E-state index contributed by atoms with van der Waals surface area (Å²) in [7, 11) is -3.96. The molecule has 0 aliphatic heterocycles. The van der Waals surface area contributed by atoms with Crippen LogP contribution in [0.25, 0.3) is 0 Å². The minimum atomic E-state index is -4.86. The number of hydrogen-bond donors (Lipinski definition) is 2. The summed E-state index contributed by atoms with van der Waals surface area (Å²) < 4.78 is 71.8. The summed E-state index contributed by atoms with van der Waals surface area (Å²) in [6, 6.07) is 7.27. The Morgan fingerprint density at radius 3 is 2.48 bits per heavy atom. The van der Waals surface area contributed by atoms with Gasteiger partial charge in [-0.25, -0.2) is 13.1 Å². The van der Waals surface area contributed by atoms with Gasteiger partial charge in [-0.2, -0.15) is 0 Å². The third-order valence-corrected chi connectivity index (χ3v) is 5.30. The van der Waals surface area contributed by atoms with Crippen LogP contribution in [0.1, 0.15) is 25.5 Å². The fourth-order valence-corrected chi connectivity index (χ4v) is 3.47. The van der Waals surface area contributed by atoms with E-state index in [9.17, 15) is 26.4 Å². The lowest BCUT2D eigenvalue weighted by molar-refractivity contribution is -0.274. The molecule has 2 aromatic rings. The van der Waals surface area contributed by atoms with Gasteiger partial charge >= 0.3 is 6.36 Å². The average molecular weight is 434 g/mol. The molecular weight excluding hydrogens is 413 g/mol. The predicted octanol–water partition coefficient (Wildman–Crippen LogP) is 2.98. The first-order chi connectivity index (χ1) is 13.5. The Bertz CT molecular complexity index is 881. The van der Waals surface area contributed by atoms with Crippen molar-refractivity contribution in [2.24, 2.45) is 0 Å². The number of carbonyl (C=O) groups is 1. The predicted molar refractivity (Wildman–Crippen MR) is 97.6 cm³/mol. The number of aryl methyl sites for hydroxylation is 1. The fraction of sp³-hybridized carbons (Fsp3) is 0.389. The van der Waals surface area contributed by atoms with Crippen molar-refractivity contribution in [3.63, 3.8) is 0 Å². The second-order valence-electron chi connectivity index (χ2n) is 6.25. The molecule has 1 heterocycles. The number of ether oxygens (including phenoxy) is 1. The highest BCUT2D eigenvalue weighted by Gasteiger charge is 2.31. The van der Waals surface area contributed by atoms with Crippen LogP contribution in [0.3, 0.4) is 0 Å². The van der Waals surface area contributed by atoms with Gasteiger partial charge in [-0.3, -0.25) is 4.79 Å². The minimum absolute atomic E-state index is 0.0837. The van der Waals surface area contributed by atoms with Gasteiger partial charge in [0.25, 0.3) is 0 Å². The molecule has 11 heteroatoms. The zero-order chi connectivity index (χ0) is 21.5. The Labute approximate surface area is 166 Å². The lowest BCUT2D eigenvalue weighted by Gasteiger charge is -2.13. The Balaban J connectivity index is 1.75. The van der Waals surface area contributed by atoms with Crippen LogP contribution in [-0.4, -0.2) is 33.3 Å². The maximum absolute atomic E-state index is 12.1. The van der Waals surface area contributed by atoms with E-state index in [0.717, 1.165) is 30.0 Å². The van der Waals surface area contributed by atoms with Gasteiger partial charge in [0.1, 0.15) is 11.5 Å². The highest BCUT2D eigenvalue weighted by molar-refractivity contribution is 7.89. The molecule has 0 spiro atoms. The van der Waals surface area contributed by atoms with Crippen molar-refractivity contribution in [1.29, 1.82) is 0 Å². The molecule has 0 aliphatic rings. The first-order valence-corrected chi connectivity index (χ1v) is 10.2. The van der Waals surface area contributed by atoms with Gasteiger partial charge in [0.2, 0.25) is 15.9 Å². The second-order valence-corrected chi connectivity index (χ2v) is 8.02. The van der Waals surface area contributed by atoms with E-state index in [1.165, 1.54) is 0 Å². The first kappa shape index (κ1) is 22.8. The normalized spacial score (nSPS) is 13.1. The molecule has 29 heavy (non-hydrogen) atoms. The number of sulfonamides is 1. The number of carbonyl (C=O) groups excluding carboxylic acids is 1. The summed E-state index contributed by atoms with van der Waals surface area (Å²) >= 11 is 0. The molecule has 1 aromatic heterocycles. The van der Waals surface area contributed by atoms with E-state index in [1.54, 1.807) is 12.3 Å². The Morgan fingerprint density at radius 1 is 1.21 bits per heavy atom. The van der Waals surface area contributed by atoms with Gasteiger partial charge in [0, 0.05) is 25.4 Å². The van der Waals surface area contributed by atoms with Gasteiger partial charge in [-0.15, -0.1) is 13.2 Å². The van der Waals surface area contributed by atoms with E-state index in [-0.39, 0.29) is 29.8 Å². The van der Waals surface area contributed by atoms with Crippen LogP contribution in [0, 0.1) is 0 Å². The van der Waals surface area contributed by atoms with E-state index in [1.807, 2.05) is 13.0 Å². The molecule has 0 aliphatic carbocycles. The van der Waals surface area contributed by atoms with Crippen molar-refractivity contribution in [3.05, 3.63) is 48.4 Å². The van der Waals surface area contributed by atoms with Gasteiger partial charge < -0.3 is 14.5 Å². The SMILES string of the molecule is CC(CCc1ccco1)NC(=O)CCNS(=O)(=O)c1ccc(OC(F)(F)F)cc1.